The number of aliphatic carboxylic acids is 1. The summed E-state index contributed by atoms with van der Waals surface area (Å²) in [6, 6.07) is 0. The molecule has 0 aliphatic heterocycles. The van der Waals surface area contributed by atoms with Gasteiger partial charge in [0.25, 0.3) is 0 Å². The van der Waals surface area contributed by atoms with Crippen LogP contribution in [0.1, 0.15) is 271 Å². The predicted molar refractivity (Wildman–Crippen MR) is 278 cm³/mol. The summed E-state index contributed by atoms with van der Waals surface area (Å²) < 4.78 is 16.7. The van der Waals surface area contributed by atoms with Crippen molar-refractivity contribution < 1.29 is 38.5 Å². The van der Waals surface area contributed by atoms with Gasteiger partial charge in [0.2, 0.25) is 0 Å². The zero-order chi connectivity index (χ0) is 49.0. The van der Waals surface area contributed by atoms with E-state index >= 15 is 0 Å². The van der Waals surface area contributed by atoms with Crippen molar-refractivity contribution in [1.29, 1.82) is 0 Å². The number of carbonyl (C=O) groups is 4. The van der Waals surface area contributed by atoms with Gasteiger partial charge in [0.15, 0.2) is 0 Å². The summed E-state index contributed by atoms with van der Waals surface area (Å²) in [6.45, 7) is 7.85. The summed E-state index contributed by atoms with van der Waals surface area (Å²) in [5.74, 6) is 1.09. The smallest absolute Gasteiger partial charge is 0.307 e. The Bertz CT molecular complexity index is 1220. The van der Waals surface area contributed by atoms with Gasteiger partial charge in [-0.2, -0.15) is 0 Å². The van der Waals surface area contributed by atoms with E-state index in [1.807, 2.05) is 19.0 Å². The van der Waals surface area contributed by atoms with Crippen LogP contribution in [0.3, 0.4) is 0 Å². The molecule has 5 atom stereocenters. The minimum atomic E-state index is -0.652. The van der Waals surface area contributed by atoms with E-state index < -0.39 is 5.97 Å². The molecule has 2 saturated carbocycles. The van der Waals surface area contributed by atoms with Gasteiger partial charge >= 0.3 is 23.9 Å². The number of unbranched alkanes of at least 4 members (excludes halogenated alkanes) is 24. The maximum absolute atomic E-state index is 12.6. The molecule has 0 aromatic rings. The molecule has 2 rings (SSSR count). The monoisotopic (exact) mass is 946 g/mol. The summed E-state index contributed by atoms with van der Waals surface area (Å²) >= 11 is 0. The van der Waals surface area contributed by atoms with E-state index in [1.165, 1.54) is 167 Å². The summed E-state index contributed by atoms with van der Waals surface area (Å²) in [5.41, 5.74) is 0. The lowest BCUT2D eigenvalue weighted by Gasteiger charge is -2.24. The number of rotatable bonds is 45. The molecule has 9 heteroatoms. The Morgan fingerprint density at radius 2 is 0.970 bits per heavy atom. The first-order chi connectivity index (χ1) is 32.6. The van der Waals surface area contributed by atoms with Crippen molar-refractivity contribution in [2.45, 2.75) is 277 Å². The lowest BCUT2D eigenvalue weighted by atomic mass is 9.88. The highest BCUT2D eigenvalue weighted by Crippen LogP contribution is 2.46. The molecule has 0 saturated heterocycles. The van der Waals surface area contributed by atoms with Crippen LogP contribution in [0, 0.1) is 23.7 Å². The van der Waals surface area contributed by atoms with Gasteiger partial charge in [-0.15, -0.1) is 0 Å². The first kappa shape index (κ1) is 62.6. The third-order valence-electron chi connectivity index (χ3n) is 14.2. The number of hydrogen-bond donors (Lipinski definition) is 1. The maximum atomic E-state index is 12.6. The van der Waals surface area contributed by atoms with Crippen LogP contribution in [0.15, 0.2) is 12.2 Å². The molecular weight excluding hydrogens is 839 g/mol. The van der Waals surface area contributed by atoms with Crippen molar-refractivity contribution in [1.82, 2.24) is 4.90 Å². The maximum Gasteiger partial charge on any atom is 0.307 e. The van der Waals surface area contributed by atoms with Gasteiger partial charge in [-0.3, -0.25) is 19.2 Å². The Morgan fingerprint density at radius 1 is 0.507 bits per heavy atom. The molecule has 0 heterocycles. The van der Waals surface area contributed by atoms with E-state index in [-0.39, 0.29) is 49.1 Å². The van der Waals surface area contributed by atoms with E-state index in [0.29, 0.717) is 38.6 Å². The lowest BCUT2D eigenvalue weighted by Crippen LogP contribution is -2.28. The summed E-state index contributed by atoms with van der Waals surface area (Å²) in [5, 5.41) is 8.53. The van der Waals surface area contributed by atoms with Crippen LogP contribution in [0.4, 0.5) is 0 Å². The molecule has 2 aliphatic rings. The zero-order valence-corrected chi connectivity index (χ0v) is 44.5. The third-order valence-corrected chi connectivity index (χ3v) is 14.2. The molecule has 5 unspecified atom stereocenters. The Hall–Kier alpha value is -2.42. The quantitative estimate of drug-likeness (QED) is 0.0275. The highest BCUT2D eigenvalue weighted by molar-refractivity contribution is 5.71. The molecule has 1 N–H and O–H groups in total. The van der Waals surface area contributed by atoms with E-state index in [4.69, 9.17) is 19.3 Å². The predicted octanol–water partition coefficient (Wildman–Crippen LogP) is 15.9. The fourth-order valence-electron chi connectivity index (χ4n) is 9.83. The zero-order valence-electron chi connectivity index (χ0n) is 44.5. The van der Waals surface area contributed by atoms with E-state index in [0.717, 1.165) is 63.2 Å². The van der Waals surface area contributed by atoms with Crippen molar-refractivity contribution >= 4 is 23.9 Å². The van der Waals surface area contributed by atoms with Crippen molar-refractivity contribution in [3.63, 3.8) is 0 Å². The fourth-order valence-corrected chi connectivity index (χ4v) is 9.83. The first-order valence-corrected chi connectivity index (χ1v) is 28.6. The van der Waals surface area contributed by atoms with Crippen LogP contribution in [0.5, 0.6) is 0 Å². The standard InChI is InChI=1S/C39H69NO6.C19H38O2/c1-5-7-9-10-12-16-20-32-30-33(32)21-17-13-11-14-18-23-37(41)44-28-19-29-45-39(43)31-34-24-25-36(35(34)22-15-8-6-2)46-38(42)26-27-40(3)4;1-2-3-4-5-6-7-8-9-10-11-12-13-14-15-16-17-18-19(20)21/h8,15,32-36H,5-7,9-14,16-31H2,1-4H3;2-18H2,1H3,(H,20,21)/b15-8-;. The Kier molecular flexibility index (Phi) is 41.8. The number of allylic oxidation sites excluding steroid dienone is 2. The Balaban J connectivity index is 0.000000895. The highest BCUT2D eigenvalue weighted by atomic mass is 16.6. The van der Waals surface area contributed by atoms with Crippen molar-refractivity contribution in [2.24, 2.45) is 23.7 Å². The normalized spacial score (nSPS) is 18.8. The number of carbonyl (C=O) groups excluding carboxylic acids is 3. The molecule has 0 amide bonds. The summed E-state index contributed by atoms with van der Waals surface area (Å²) in [6.07, 6.45) is 49.4. The van der Waals surface area contributed by atoms with Crippen molar-refractivity contribution in [3.05, 3.63) is 12.2 Å². The van der Waals surface area contributed by atoms with Crippen LogP contribution >= 0.6 is 0 Å². The summed E-state index contributed by atoms with van der Waals surface area (Å²) in [4.78, 5) is 49.4. The molecule has 0 aromatic carbocycles. The van der Waals surface area contributed by atoms with E-state index in [2.05, 4.69) is 32.9 Å². The van der Waals surface area contributed by atoms with Crippen LogP contribution in [-0.4, -0.2) is 73.8 Å². The molecule has 2 aliphatic carbocycles. The van der Waals surface area contributed by atoms with Gasteiger partial charge in [-0.25, -0.2) is 0 Å². The number of nitrogens with zero attached hydrogens (tertiary/aromatic N) is 1. The first-order valence-electron chi connectivity index (χ1n) is 28.6. The Morgan fingerprint density at radius 3 is 1.45 bits per heavy atom. The number of hydrogen-bond acceptors (Lipinski definition) is 8. The van der Waals surface area contributed by atoms with Gasteiger partial charge in [0.1, 0.15) is 6.10 Å². The molecule has 0 aromatic heterocycles. The van der Waals surface area contributed by atoms with Crippen LogP contribution < -0.4 is 0 Å². The fraction of sp³-hybridized carbons (Fsp3) is 0.897. The van der Waals surface area contributed by atoms with Crippen LogP contribution in [0.2, 0.25) is 0 Å². The van der Waals surface area contributed by atoms with Gasteiger partial charge in [0, 0.05) is 38.1 Å². The van der Waals surface area contributed by atoms with Gasteiger partial charge in [-0.05, 0) is 76.8 Å². The summed E-state index contributed by atoms with van der Waals surface area (Å²) in [7, 11) is 3.88. The Labute approximate surface area is 412 Å². The second kappa shape index (κ2) is 44.8. The second-order valence-corrected chi connectivity index (χ2v) is 20.8. The van der Waals surface area contributed by atoms with E-state index in [9.17, 15) is 19.2 Å². The molecule has 0 bridgehead atoms. The molecule has 0 radical (unpaired) electrons. The van der Waals surface area contributed by atoms with Crippen LogP contribution in [0.25, 0.3) is 0 Å². The van der Waals surface area contributed by atoms with Gasteiger partial charge in [-0.1, -0.05) is 206 Å². The highest BCUT2D eigenvalue weighted by Gasteiger charge is 2.39. The van der Waals surface area contributed by atoms with Gasteiger partial charge < -0.3 is 24.2 Å². The topological polar surface area (TPSA) is 119 Å². The molecule has 392 valence electrons. The van der Waals surface area contributed by atoms with E-state index in [1.54, 1.807) is 0 Å². The van der Waals surface area contributed by atoms with Crippen molar-refractivity contribution in [3.8, 4) is 0 Å². The lowest BCUT2D eigenvalue weighted by molar-refractivity contribution is -0.151. The molecule has 67 heavy (non-hydrogen) atoms. The minimum absolute atomic E-state index is 0.130. The number of ether oxygens (including phenoxy) is 3. The third kappa shape index (κ3) is 39.0. The van der Waals surface area contributed by atoms with Gasteiger partial charge in [0.05, 0.1) is 19.6 Å². The minimum Gasteiger partial charge on any atom is -0.481 e. The second-order valence-electron chi connectivity index (χ2n) is 20.8. The molecular formula is C58H107NO8. The van der Waals surface area contributed by atoms with Crippen LogP contribution in [-0.2, 0) is 33.4 Å². The molecule has 9 nitrogen and oxygen atoms in total. The number of carboxylic acid groups (broad SMARTS) is 1. The average molecular weight is 946 g/mol. The van der Waals surface area contributed by atoms with Crippen molar-refractivity contribution in [2.75, 3.05) is 33.9 Å². The number of carboxylic acids is 1. The molecule has 0 spiro atoms. The number of esters is 3. The average Bonchev–Trinajstić information content (AvgIpc) is 3.96. The SMILES string of the molecule is CC/C=C\CC1C(CC(=O)OCCCOC(=O)CCCCCCCC2CC2CCCCCCCC)CCC1OC(=O)CCN(C)C.CCCCCCCCCCCCCCCCCCC(=O)O. The molecule has 2 fully saturated rings. The largest absolute Gasteiger partial charge is 0.481 e.